The average molecular weight is 504 g/mol. The zero-order valence-electron chi connectivity index (χ0n) is 20.3. The lowest BCUT2D eigenvalue weighted by molar-refractivity contribution is -0.386. The first-order chi connectivity index (χ1) is 17.7. The van der Waals surface area contributed by atoms with Crippen LogP contribution in [-0.4, -0.2) is 49.3 Å². The third-order valence-electron chi connectivity index (χ3n) is 5.15. The van der Waals surface area contributed by atoms with Crippen molar-refractivity contribution >= 4 is 35.5 Å². The van der Waals surface area contributed by atoms with Gasteiger partial charge >= 0.3 is 5.69 Å². The standard InChI is InChI=1S/C26H25N5O6/c1-30(2)20-12-9-17(10-13-20)15-21(28-25(33)18-7-5-4-6-8-18)26(34)29-27-16-19-11-14-22(32)24(37-3)23(19)31(35)36/h4-16,32H,1-3H3,(H,28,33)(H,29,34)/b21-15-,27-16-. The number of methoxy groups -OCH3 is 1. The second-order valence-electron chi connectivity index (χ2n) is 7.88. The summed E-state index contributed by atoms with van der Waals surface area (Å²) in [5, 5.41) is 27.7. The van der Waals surface area contributed by atoms with Crippen LogP contribution in [0.25, 0.3) is 6.08 Å². The van der Waals surface area contributed by atoms with Crippen molar-refractivity contribution in [3.63, 3.8) is 0 Å². The van der Waals surface area contributed by atoms with Crippen LogP contribution in [0.3, 0.4) is 0 Å². The van der Waals surface area contributed by atoms with Gasteiger partial charge in [-0.15, -0.1) is 0 Å². The van der Waals surface area contributed by atoms with E-state index in [1.54, 1.807) is 42.5 Å². The van der Waals surface area contributed by atoms with Gasteiger partial charge in [0.1, 0.15) is 5.70 Å². The molecule has 0 saturated carbocycles. The Bertz CT molecular complexity index is 1350. The summed E-state index contributed by atoms with van der Waals surface area (Å²) in [6, 6.07) is 18.1. The molecule has 0 heterocycles. The van der Waals surface area contributed by atoms with Gasteiger partial charge in [0.05, 0.1) is 23.8 Å². The fourth-order valence-electron chi connectivity index (χ4n) is 3.27. The quantitative estimate of drug-likeness (QED) is 0.176. The number of nitro groups is 1. The van der Waals surface area contributed by atoms with Gasteiger partial charge in [0.25, 0.3) is 11.8 Å². The van der Waals surface area contributed by atoms with E-state index in [-0.39, 0.29) is 17.0 Å². The predicted octanol–water partition coefficient (Wildman–Crippen LogP) is 3.30. The number of aromatic hydroxyl groups is 1. The maximum Gasteiger partial charge on any atom is 0.323 e. The monoisotopic (exact) mass is 503 g/mol. The number of carbonyl (C=O) groups is 2. The molecule has 0 aliphatic carbocycles. The Morgan fingerprint density at radius 3 is 2.32 bits per heavy atom. The number of rotatable bonds is 9. The predicted molar refractivity (Wildman–Crippen MR) is 140 cm³/mol. The van der Waals surface area contributed by atoms with Crippen molar-refractivity contribution < 1.29 is 24.4 Å². The molecule has 2 amide bonds. The number of hydrogen-bond donors (Lipinski definition) is 3. The zero-order chi connectivity index (χ0) is 26.9. The van der Waals surface area contributed by atoms with Crippen LogP contribution in [0.5, 0.6) is 11.5 Å². The van der Waals surface area contributed by atoms with E-state index in [9.17, 15) is 24.8 Å². The largest absolute Gasteiger partial charge is 0.504 e. The van der Waals surface area contributed by atoms with Gasteiger partial charge < -0.3 is 20.1 Å². The van der Waals surface area contributed by atoms with Crippen molar-refractivity contribution in [2.75, 3.05) is 26.1 Å². The minimum Gasteiger partial charge on any atom is -0.504 e. The topological polar surface area (TPSA) is 146 Å². The van der Waals surface area contributed by atoms with Crippen LogP contribution in [0.2, 0.25) is 0 Å². The number of nitro benzene ring substituents is 1. The maximum absolute atomic E-state index is 13.0. The highest BCUT2D eigenvalue weighted by Crippen LogP contribution is 2.37. The Morgan fingerprint density at radius 1 is 1.05 bits per heavy atom. The van der Waals surface area contributed by atoms with Crippen LogP contribution in [0.1, 0.15) is 21.5 Å². The number of nitrogens with one attached hydrogen (secondary N) is 2. The summed E-state index contributed by atoms with van der Waals surface area (Å²) in [6.07, 6.45) is 2.53. The maximum atomic E-state index is 13.0. The molecule has 3 aromatic carbocycles. The molecule has 0 aliphatic rings. The molecule has 0 aromatic heterocycles. The van der Waals surface area contributed by atoms with Crippen LogP contribution in [0.4, 0.5) is 11.4 Å². The lowest BCUT2D eigenvalue weighted by Gasteiger charge is -2.12. The van der Waals surface area contributed by atoms with Crippen molar-refractivity contribution in [2.24, 2.45) is 5.10 Å². The Morgan fingerprint density at radius 2 is 1.73 bits per heavy atom. The average Bonchev–Trinajstić information content (AvgIpc) is 2.89. The number of carbonyl (C=O) groups excluding carboxylic acids is 2. The van der Waals surface area contributed by atoms with Crippen LogP contribution in [-0.2, 0) is 4.79 Å². The van der Waals surface area contributed by atoms with E-state index in [4.69, 9.17) is 4.74 Å². The Hall–Kier alpha value is -5.19. The molecule has 0 atom stereocenters. The van der Waals surface area contributed by atoms with E-state index in [2.05, 4.69) is 15.8 Å². The SMILES string of the molecule is COc1c(O)ccc(/C=N\NC(=O)/C(=C/c2ccc(N(C)C)cc2)NC(=O)c2ccccc2)c1[N+](=O)[O-]. The molecule has 11 nitrogen and oxygen atoms in total. The smallest absolute Gasteiger partial charge is 0.323 e. The third-order valence-corrected chi connectivity index (χ3v) is 5.15. The van der Waals surface area contributed by atoms with Crippen molar-refractivity contribution in [2.45, 2.75) is 0 Å². The summed E-state index contributed by atoms with van der Waals surface area (Å²) in [5.41, 5.74) is 3.58. The third kappa shape index (κ3) is 6.69. The van der Waals surface area contributed by atoms with Gasteiger partial charge in [0.15, 0.2) is 5.75 Å². The van der Waals surface area contributed by atoms with Crippen molar-refractivity contribution in [1.82, 2.24) is 10.7 Å². The molecule has 0 fully saturated rings. The molecule has 0 unspecified atom stereocenters. The van der Waals surface area contributed by atoms with Gasteiger partial charge in [0, 0.05) is 25.3 Å². The van der Waals surface area contributed by atoms with Crippen molar-refractivity contribution in [3.05, 3.63) is 99.2 Å². The minimum atomic E-state index is -0.759. The second-order valence-corrected chi connectivity index (χ2v) is 7.88. The molecule has 11 heteroatoms. The molecule has 0 spiro atoms. The van der Waals surface area contributed by atoms with E-state index < -0.39 is 28.2 Å². The summed E-state index contributed by atoms with van der Waals surface area (Å²) < 4.78 is 4.92. The molecule has 0 saturated heterocycles. The molecule has 37 heavy (non-hydrogen) atoms. The van der Waals surface area contributed by atoms with E-state index in [1.807, 2.05) is 31.1 Å². The molecule has 3 N–H and O–H groups in total. The number of amides is 2. The Balaban J connectivity index is 1.88. The van der Waals surface area contributed by atoms with Gasteiger partial charge in [-0.25, -0.2) is 5.43 Å². The van der Waals surface area contributed by atoms with Crippen LogP contribution < -0.4 is 20.4 Å². The van der Waals surface area contributed by atoms with Gasteiger partial charge in [-0.1, -0.05) is 30.3 Å². The first kappa shape index (κ1) is 26.4. The second kappa shape index (κ2) is 12.0. The Kier molecular flexibility index (Phi) is 8.55. The molecule has 0 bridgehead atoms. The number of phenols is 1. The minimum absolute atomic E-state index is 0.0157. The molecule has 3 aromatic rings. The number of nitrogens with zero attached hydrogens (tertiary/aromatic N) is 3. The molecular weight excluding hydrogens is 478 g/mol. The van der Waals surface area contributed by atoms with Gasteiger partial charge in [-0.3, -0.25) is 19.7 Å². The van der Waals surface area contributed by atoms with Gasteiger partial charge in [0.2, 0.25) is 5.75 Å². The lowest BCUT2D eigenvalue weighted by Crippen LogP contribution is -2.32. The van der Waals surface area contributed by atoms with Crippen LogP contribution in [0, 0.1) is 10.1 Å². The van der Waals surface area contributed by atoms with Gasteiger partial charge in [-0.2, -0.15) is 5.10 Å². The normalized spacial score (nSPS) is 11.2. The summed E-state index contributed by atoms with van der Waals surface area (Å²) in [4.78, 5) is 38.4. The molecule has 190 valence electrons. The number of benzene rings is 3. The van der Waals surface area contributed by atoms with Crippen molar-refractivity contribution in [1.29, 1.82) is 0 Å². The summed E-state index contributed by atoms with van der Waals surface area (Å²) in [6.45, 7) is 0. The fourth-order valence-corrected chi connectivity index (χ4v) is 3.27. The van der Waals surface area contributed by atoms with Crippen molar-refractivity contribution in [3.8, 4) is 11.5 Å². The fraction of sp³-hybridized carbons (Fsp3) is 0.115. The van der Waals surface area contributed by atoms with E-state index in [0.717, 1.165) is 11.9 Å². The van der Waals surface area contributed by atoms with E-state index >= 15 is 0 Å². The number of ether oxygens (including phenoxy) is 1. The van der Waals surface area contributed by atoms with E-state index in [0.29, 0.717) is 11.1 Å². The van der Waals surface area contributed by atoms with Crippen LogP contribution >= 0.6 is 0 Å². The Labute approximate surface area is 212 Å². The number of hydrazone groups is 1. The molecule has 3 rings (SSSR count). The highest BCUT2D eigenvalue weighted by Gasteiger charge is 2.23. The summed E-state index contributed by atoms with van der Waals surface area (Å²) >= 11 is 0. The summed E-state index contributed by atoms with van der Waals surface area (Å²) in [7, 11) is 4.98. The first-order valence-electron chi connectivity index (χ1n) is 10.9. The van der Waals surface area contributed by atoms with Gasteiger partial charge in [-0.05, 0) is 48.0 Å². The summed E-state index contributed by atoms with van der Waals surface area (Å²) in [5.74, 6) is -2.01. The highest BCUT2D eigenvalue weighted by atomic mass is 16.6. The van der Waals surface area contributed by atoms with Crippen LogP contribution in [0.15, 0.2) is 77.5 Å². The molecule has 0 radical (unpaired) electrons. The number of hydrogen-bond acceptors (Lipinski definition) is 8. The van der Waals surface area contributed by atoms with E-state index in [1.165, 1.54) is 25.3 Å². The molecule has 0 aliphatic heterocycles. The number of phenolic OH excluding ortho intramolecular Hbond substituents is 1. The first-order valence-corrected chi connectivity index (χ1v) is 10.9. The number of anilines is 1. The molecular formula is C26H25N5O6. The zero-order valence-corrected chi connectivity index (χ0v) is 20.3. The highest BCUT2D eigenvalue weighted by molar-refractivity contribution is 6.05. The lowest BCUT2D eigenvalue weighted by atomic mass is 10.1.